The van der Waals surface area contributed by atoms with Gasteiger partial charge in [0.25, 0.3) is 0 Å². The van der Waals surface area contributed by atoms with Gasteiger partial charge in [0.1, 0.15) is 10.0 Å². The predicted octanol–water partition coefficient (Wildman–Crippen LogP) is 1.73. The fraction of sp³-hybridized carbons (Fsp3) is 0.300. The molecule has 0 saturated heterocycles. The van der Waals surface area contributed by atoms with E-state index < -0.39 is 10.0 Å². The van der Waals surface area contributed by atoms with E-state index in [0.717, 1.165) is 12.8 Å². The topological polar surface area (TPSA) is 59.1 Å². The normalized spacial score (nSPS) is 16.8. The van der Waals surface area contributed by atoms with Crippen LogP contribution in [0.5, 0.6) is 0 Å². The van der Waals surface area contributed by atoms with Crippen molar-refractivity contribution in [3.8, 4) is 0 Å². The maximum atomic E-state index is 11.9. The van der Waals surface area contributed by atoms with Gasteiger partial charge in [-0.2, -0.15) is 0 Å². The summed E-state index contributed by atoms with van der Waals surface area (Å²) in [5, 5.41) is 0.279. The zero-order valence-electron chi connectivity index (χ0n) is 8.43. The molecule has 1 N–H and O–H groups in total. The molecule has 0 aromatic carbocycles. The third-order valence-corrected chi connectivity index (χ3v) is 4.07. The van der Waals surface area contributed by atoms with Gasteiger partial charge in [0.2, 0.25) is 10.0 Å². The van der Waals surface area contributed by atoms with Gasteiger partial charge in [-0.05, 0) is 25.0 Å². The second kappa shape index (κ2) is 4.53. The number of aromatic nitrogens is 1. The zero-order valence-corrected chi connectivity index (χ0v) is 10.0. The average molecular weight is 259 g/mol. The minimum Gasteiger partial charge on any atom is -0.243 e. The Morgan fingerprint density at radius 1 is 1.31 bits per heavy atom. The molecular weight excluding hydrogens is 248 g/mol. The number of sulfonamides is 1. The second-order valence-electron chi connectivity index (χ2n) is 3.58. The lowest BCUT2D eigenvalue weighted by Crippen LogP contribution is -2.32. The molecule has 4 nitrogen and oxygen atoms in total. The third-order valence-electron chi connectivity index (χ3n) is 2.34. The molecule has 0 fully saturated rings. The Labute approximate surface area is 99.4 Å². The van der Waals surface area contributed by atoms with E-state index in [1.165, 1.54) is 18.3 Å². The summed E-state index contributed by atoms with van der Waals surface area (Å²) in [5.74, 6) is 0. The highest BCUT2D eigenvalue weighted by Crippen LogP contribution is 2.15. The van der Waals surface area contributed by atoms with Crippen molar-refractivity contribution >= 4 is 21.6 Å². The van der Waals surface area contributed by atoms with Crippen LogP contribution in [0, 0.1) is 0 Å². The third kappa shape index (κ3) is 2.61. The van der Waals surface area contributed by atoms with E-state index >= 15 is 0 Å². The highest BCUT2D eigenvalue weighted by molar-refractivity contribution is 7.89. The van der Waals surface area contributed by atoms with Crippen molar-refractivity contribution in [2.24, 2.45) is 0 Å². The maximum absolute atomic E-state index is 11.9. The highest BCUT2D eigenvalue weighted by Gasteiger charge is 2.20. The van der Waals surface area contributed by atoms with Crippen molar-refractivity contribution in [2.45, 2.75) is 23.8 Å². The van der Waals surface area contributed by atoms with Crippen molar-refractivity contribution in [1.82, 2.24) is 9.71 Å². The summed E-state index contributed by atoms with van der Waals surface area (Å²) < 4.78 is 26.4. The monoisotopic (exact) mass is 258 g/mol. The SMILES string of the molecule is O=S(=O)(NC1CC=CC1)c1ccc(Cl)nc1. The van der Waals surface area contributed by atoms with E-state index in [1.807, 2.05) is 12.2 Å². The van der Waals surface area contributed by atoms with Crippen LogP contribution in [0.2, 0.25) is 5.15 Å². The lowest BCUT2D eigenvalue weighted by molar-refractivity contribution is 0.557. The molecule has 2 rings (SSSR count). The fourth-order valence-electron chi connectivity index (χ4n) is 1.52. The van der Waals surface area contributed by atoms with Crippen LogP contribution >= 0.6 is 11.6 Å². The van der Waals surface area contributed by atoms with Gasteiger partial charge >= 0.3 is 0 Å². The van der Waals surface area contributed by atoms with E-state index in [1.54, 1.807) is 0 Å². The van der Waals surface area contributed by atoms with Crippen molar-refractivity contribution < 1.29 is 8.42 Å². The van der Waals surface area contributed by atoms with Crippen LogP contribution in [0.3, 0.4) is 0 Å². The largest absolute Gasteiger partial charge is 0.243 e. The van der Waals surface area contributed by atoms with Crippen LogP contribution in [0.25, 0.3) is 0 Å². The molecule has 0 bridgehead atoms. The van der Waals surface area contributed by atoms with Crippen molar-refractivity contribution in [3.05, 3.63) is 35.6 Å². The lowest BCUT2D eigenvalue weighted by atomic mass is 10.3. The second-order valence-corrected chi connectivity index (χ2v) is 5.68. The van der Waals surface area contributed by atoms with Gasteiger partial charge in [-0.15, -0.1) is 0 Å². The number of pyridine rings is 1. The Bertz CT molecular complexity index is 488. The molecule has 0 aliphatic heterocycles. The molecule has 16 heavy (non-hydrogen) atoms. The molecule has 86 valence electrons. The van der Waals surface area contributed by atoms with Crippen LogP contribution in [0.4, 0.5) is 0 Å². The first-order valence-corrected chi connectivity index (χ1v) is 6.73. The first-order chi connectivity index (χ1) is 7.58. The van der Waals surface area contributed by atoms with Crippen LogP contribution in [-0.2, 0) is 10.0 Å². The lowest BCUT2D eigenvalue weighted by Gasteiger charge is -2.12. The van der Waals surface area contributed by atoms with Crippen LogP contribution < -0.4 is 4.72 Å². The molecule has 0 radical (unpaired) electrons. The minimum absolute atomic E-state index is 0.0410. The van der Waals surface area contributed by atoms with Gasteiger partial charge in [0.15, 0.2) is 0 Å². The molecule has 0 amide bonds. The predicted molar refractivity (Wildman–Crippen MR) is 61.7 cm³/mol. The molecule has 0 unspecified atom stereocenters. The van der Waals surface area contributed by atoms with Crippen LogP contribution in [-0.4, -0.2) is 19.4 Å². The minimum atomic E-state index is -3.47. The van der Waals surface area contributed by atoms with Gasteiger partial charge < -0.3 is 0 Å². The molecule has 1 aliphatic carbocycles. The maximum Gasteiger partial charge on any atom is 0.242 e. The summed E-state index contributed by atoms with van der Waals surface area (Å²) >= 11 is 5.60. The molecule has 1 aromatic heterocycles. The Balaban J connectivity index is 2.15. The molecule has 0 spiro atoms. The number of nitrogens with zero attached hydrogens (tertiary/aromatic N) is 1. The molecule has 6 heteroatoms. The number of hydrogen-bond donors (Lipinski definition) is 1. The van der Waals surface area contributed by atoms with Gasteiger partial charge in [-0.1, -0.05) is 23.8 Å². The number of rotatable bonds is 3. The summed E-state index contributed by atoms with van der Waals surface area (Å²) in [7, 11) is -3.47. The number of hydrogen-bond acceptors (Lipinski definition) is 3. The van der Waals surface area contributed by atoms with E-state index in [0.29, 0.717) is 0 Å². The van der Waals surface area contributed by atoms with Gasteiger partial charge in [0, 0.05) is 12.2 Å². The smallest absolute Gasteiger partial charge is 0.242 e. The Morgan fingerprint density at radius 3 is 2.56 bits per heavy atom. The fourth-order valence-corrected chi connectivity index (χ4v) is 2.84. The quantitative estimate of drug-likeness (QED) is 0.664. The molecular formula is C10H11ClN2O2S. The Hall–Kier alpha value is -0.910. The summed E-state index contributed by atoms with van der Waals surface area (Å²) in [6, 6.07) is 2.86. The van der Waals surface area contributed by atoms with E-state index in [2.05, 4.69) is 9.71 Å². The molecule has 0 atom stereocenters. The number of halogens is 1. The van der Waals surface area contributed by atoms with Crippen molar-refractivity contribution in [2.75, 3.05) is 0 Å². The van der Waals surface area contributed by atoms with Gasteiger partial charge in [-0.25, -0.2) is 18.1 Å². The first kappa shape index (κ1) is 11.6. The molecule has 1 heterocycles. The molecule has 1 aromatic rings. The molecule has 0 saturated carbocycles. The van der Waals surface area contributed by atoms with Crippen LogP contribution in [0.1, 0.15) is 12.8 Å². The number of nitrogens with one attached hydrogen (secondary N) is 1. The summed E-state index contributed by atoms with van der Waals surface area (Å²) in [4.78, 5) is 3.89. The molecule has 1 aliphatic rings. The zero-order chi connectivity index (χ0) is 11.6. The highest BCUT2D eigenvalue weighted by atomic mass is 35.5. The summed E-state index contributed by atoms with van der Waals surface area (Å²) in [5.41, 5.74) is 0. The Morgan fingerprint density at radius 2 is 2.00 bits per heavy atom. The van der Waals surface area contributed by atoms with Crippen molar-refractivity contribution in [1.29, 1.82) is 0 Å². The summed E-state index contributed by atoms with van der Waals surface area (Å²) in [6.07, 6.45) is 6.66. The first-order valence-electron chi connectivity index (χ1n) is 4.87. The van der Waals surface area contributed by atoms with Crippen molar-refractivity contribution in [3.63, 3.8) is 0 Å². The van der Waals surface area contributed by atoms with E-state index in [4.69, 9.17) is 11.6 Å². The summed E-state index contributed by atoms with van der Waals surface area (Å²) in [6.45, 7) is 0. The van der Waals surface area contributed by atoms with Crippen LogP contribution in [0.15, 0.2) is 35.4 Å². The van der Waals surface area contributed by atoms with E-state index in [9.17, 15) is 8.42 Å². The Kier molecular flexibility index (Phi) is 3.28. The van der Waals surface area contributed by atoms with E-state index in [-0.39, 0.29) is 16.1 Å². The standard InChI is InChI=1S/C10H11ClN2O2S/c11-10-6-5-9(7-12-10)16(14,15)13-8-3-1-2-4-8/h1-2,5-8,13H,3-4H2. The average Bonchev–Trinajstić information content (AvgIpc) is 2.70. The van der Waals surface area contributed by atoms with Gasteiger partial charge in [0.05, 0.1) is 0 Å². The van der Waals surface area contributed by atoms with Gasteiger partial charge in [-0.3, -0.25) is 0 Å².